The van der Waals surface area contributed by atoms with Gasteiger partial charge in [-0.05, 0) is 13.0 Å². The van der Waals surface area contributed by atoms with E-state index in [4.69, 9.17) is 5.73 Å². The average Bonchev–Trinajstić information content (AvgIpc) is 2.36. The van der Waals surface area contributed by atoms with Gasteiger partial charge in [-0.25, -0.2) is 0 Å². The maximum absolute atomic E-state index is 11.1. The molecule has 1 rings (SSSR count). The lowest BCUT2D eigenvalue weighted by Crippen LogP contribution is -2.26. The first-order chi connectivity index (χ1) is 4.72. The number of aromatic amines is 1. The summed E-state index contributed by atoms with van der Waals surface area (Å²) in [4.78, 5) is 13.8. The Morgan fingerprint density at radius 1 is 1.80 bits per heavy atom. The van der Waals surface area contributed by atoms with Gasteiger partial charge in [0.1, 0.15) is 0 Å². The monoisotopic (exact) mass is 138 g/mol. The molecule has 1 unspecified atom stereocenters. The maximum atomic E-state index is 11.1. The van der Waals surface area contributed by atoms with Crippen molar-refractivity contribution in [2.45, 2.75) is 13.0 Å². The molecule has 1 aromatic heterocycles. The fraction of sp³-hybridized carbons (Fsp3) is 0.286. The quantitative estimate of drug-likeness (QED) is 0.586. The Bertz CT molecular complexity index is 214. The molecule has 1 heterocycles. The summed E-state index contributed by atoms with van der Waals surface area (Å²) in [6, 6.07) is 1.31. The van der Waals surface area contributed by atoms with E-state index in [9.17, 15) is 4.79 Å². The molecule has 0 aliphatic rings. The van der Waals surface area contributed by atoms with Crippen LogP contribution in [0.25, 0.3) is 0 Å². The standard InChI is InChI=1S/C7H10N2O/c1-5(8)7(10)6-2-3-9-4-6/h2-5,9H,8H2,1H3. The van der Waals surface area contributed by atoms with Crippen LogP contribution in [0.1, 0.15) is 17.3 Å². The number of rotatable bonds is 2. The number of H-pyrrole nitrogens is 1. The lowest BCUT2D eigenvalue weighted by Gasteiger charge is -1.98. The second-order valence-electron chi connectivity index (χ2n) is 2.25. The van der Waals surface area contributed by atoms with Crippen LogP contribution in [0.5, 0.6) is 0 Å². The van der Waals surface area contributed by atoms with Crippen LogP contribution in [0.3, 0.4) is 0 Å². The van der Waals surface area contributed by atoms with Crippen molar-refractivity contribution in [3.63, 3.8) is 0 Å². The Balaban J connectivity index is 2.78. The lowest BCUT2D eigenvalue weighted by atomic mass is 10.1. The minimum Gasteiger partial charge on any atom is -0.367 e. The summed E-state index contributed by atoms with van der Waals surface area (Å²) < 4.78 is 0. The number of Topliss-reactive ketones (excluding diaryl/α,β-unsaturated/α-hetero) is 1. The Hall–Kier alpha value is -1.09. The summed E-state index contributed by atoms with van der Waals surface area (Å²) in [5.74, 6) is -0.0266. The van der Waals surface area contributed by atoms with Gasteiger partial charge in [-0.2, -0.15) is 0 Å². The van der Waals surface area contributed by atoms with E-state index in [-0.39, 0.29) is 5.78 Å². The molecular formula is C7H10N2O. The number of hydrogen-bond donors (Lipinski definition) is 2. The van der Waals surface area contributed by atoms with Crippen LogP contribution in [-0.2, 0) is 0 Å². The minimum atomic E-state index is -0.407. The second-order valence-corrected chi connectivity index (χ2v) is 2.25. The number of carbonyl (C=O) groups is 1. The predicted octanol–water partition coefficient (Wildman–Crippen LogP) is 0.545. The van der Waals surface area contributed by atoms with Crippen LogP contribution in [0.4, 0.5) is 0 Å². The number of hydrogen-bond acceptors (Lipinski definition) is 2. The molecule has 0 aliphatic heterocycles. The molecule has 1 atom stereocenters. The van der Waals surface area contributed by atoms with Gasteiger partial charge >= 0.3 is 0 Å². The van der Waals surface area contributed by atoms with E-state index >= 15 is 0 Å². The van der Waals surface area contributed by atoms with Gasteiger partial charge in [0.05, 0.1) is 6.04 Å². The molecule has 0 aromatic carbocycles. The van der Waals surface area contributed by atoms with Crippen LogP contribution in [0, 0.1) is 0 Å². The zero-order valence-electron chi connectivity index (χ0n) is 5.79. The van der Waals surface area contributed by atoms with Crippen molar-refractivity contribution in [1.29, 1.82) is 0 Å². The fourth-order valence-electron chi connectivity index (χ4n) is 0.740. The summed E-state index contributed by atoms with van der Waals surface area (Å²) in [5, 5.41) is 0. The van der Waals surface area contributed by atoms with Crippen molar-refractivity contribution in [2.75, 3.05) is 0 Å². The van der Waals surface area contributed by atoms with Crippen LogP contribution < -0.4 is 5.73 Å². The molecule has 0 amide bonds. The van der Waals surface area contributed by atoms with Crippen molar-refractivity contribution in [2.24, 2.45) is 5.73 Å². The minimum absolute atomic E-state index is 0.0266. The van der Waals surface area contributed by atoms with Gasteiger partial charge in [-0.1, -0.05) is 0 Å². The van der Waals surface area contributed by atoms with Crippen LogP contribution in [0.2, 0.25) is 0 Å². The highest BCUT2D eigenvalue weighted by Crippen LogP contribution is 1.99. The fourth-order valence-corrected chi connectivity index (χ4v) is 0.740. The Morgan fingerprint density at radius 3 is 2.90 bits per heavy atom. The lowest BCUT2D eigenvalue weighted by molar-refractivity contribution is 0.0968. The maximum Gasteiger partial charge on any atom is 0.180 e. The van der Waals surface area contributed by atoms with Crippen molar-refractivity contribution >= 4 is 5.78 Å². The van der Waals surface area contributed by atoms with Crippen molar-refractivity contribution < 1.29 is 4.79 Å². The first kappa shape index (κ1) is 7.02. The molecule has 10 heavy (non-hydrogen) atoms. The van der Waals surface area contributed by atoms with Gasteiger partial charge in [0.2, 0.25) is 0 Å². The molecule has 0 saturated heterocycles. The molecule has 0 saturated carbocycles. The van der Waals surface area contributed by atoms with Gasteiger partial charge in [0.25, 0.3) is 0 Å². The van der Waals surface area contributed by atoms with E-state index < -0.39 is 6.04 Å². The van der Waals surface area contributed by atoms with Crippen molar-refractivity contribution in [1.82, 2.24) is 4.98 Å². The van der Waals surface area contributed by atoms with Crippen LogP contribution >= 0.6 is 0 Å². The third kappa shape index (κ3) is 1.25. The molecule has 0 aliphatic carbocycles. The van der Waals surface area contributed by atoms with Gasteiger partial charge in [0.15, 0.2) is 5.78 Å². The van der Waals surface area contributed by atoms with E-state index in [1.54, 1.807) is 25.4 Å². The SMILES string of the molecule is CC(N)C(=O)c1cc[nH]c1. The zero-order valence-corrected chi connectivity index (χ0v) is 5.79. The highest BCUT2D eigenvalue weighted by molar-refractivity contribution is 5.99. The molecule has 3 nitrogen and oxygen atoms in total. The zero-order chi connectivity index (χ0) is 7.56. The Kier molecular flexibility index (Phi) is 1.87. The number of carbonyl (C=O) groups excluding carboxylic acids is 1. The Morgan fingerprint density at radius 2 is 2.50 bits per heavy atom. The van der Waals surface area contributed by atoms with Crippen molar-refractivity contribution in [3.05, 3.63) is 24.0 Å². The molecule has 0 bridgehead atoms. The molecule has 1 aromatic rings. The van der Waals surface area contributed by atoms with Gasteiger partial charge in [-0.15, -0.1) is 0 Å². The van der Waals surface area contributed by atoms with Crippen molar-refractivity contribution in [3.8, 4) is 0 Å². The van der Waals surface area contributed by atoms with E-state index in [2.05, 4.69) is 4.98 Å². The first-order valence-corrected chi connectivity index (χ1v) is 3.14. The molecule has 3 heteroatoms. The number of aromatic nitrogens is 1. The third-order valence-corrected chi connectivity index (χ3v) is 1.30. The second kappa shape index (κ2) is 2.66. The number of nitrogens with one attached hydrogen (secondary N) is 1. The van der Waals surface area contributed by atoms with E-state index in [1.807, 2.05) is 0 Å². The topological polar surface area (TPSA) is 58.9 Å². The smallest absolute Gasteiger partial charge is 0.180 e. The highest BCUT2D eigenvalue weighted by Gasteiger charge is 2.09. The molecule has 0 fully saturated rings. The number of nitrogens with two attached hydrogens (primary N) is 1. The van der Waals surface area contributed by atoms with Gasteiger partial charge in [0, 0.05) is 18.0 Å². The Labute approximate surface area is 59.2 Å². The molecule has 0 spiro atoms. The normalized spacial score (nSPS) is 13.0. The van der Waals surface area contributed by atoms with Crippen LogP contribution in [0.15, 0.2) is 18.5 Å². The van der Waals surface area contributed by atoms with Gasteiger partial charge in [-0.3, -0.25) is 4.79 Å². The summed E-state index contributed by atoms with van der Waals surface area (Å²) in [5.41, 5.74) is 6.01. The predicted molar refractivity (Wildman–Crippen MR) is 38.8 cm³/mol. The highest BCUT2D eigenvalue weighted by atomic mass is 16.1. The molecular weight excluding hydrogens is 128 g/mol. The summed E-state index contributed by atoms with van der Waals surface area (Å²) >= 11 is 0. The molecule has 3 N–H and O–H groups in total. The molecule has 54 valence electrons. The number of ketones is 1. The van der Waals surface area contributed by atoms with E-state index in [1.165, 1.54) is 0 Å². The summed E-state index contributed by atoms with van der Waals surface area (Å²) in [6.07, 6.45) is 3.35. The average molecular weight is 138 g/mol. The largest absolute Gasteiger partial charge is 0.367 e. The third-order valence-electron chi connectivity index (χ3n) is 1.30. The van der Waals surface area contributed by atoms with E-state index in [0.717, 1.165) is 0 Å². The van der Waals surface area contributed by atoms with E-state index in [0.29, 0.717) is 5.56 Å². The van der Waals surface area contributed by atoms with Crippen LogP contribution in [-0.4, -0.2) is 16.8 Å². The summed E-state index contributed by atoms with van der Waals surface area (Å²) in [6.45, 7) is 1.68. The summed E-state index contributed by atoms with van der Waals surface area (Å²) in [7, 11) is 0. The molecule has 0 radical (unpaired) electrons. The first-order valence-electron chi connectivity index (χ1n) is 3.14. The van der Waals surface area contributed by atoms with Gasteiger partial charge < -0.3 is 10.7 Å².